The largest absolute Gasteiger partial charge is 0.491 e. The first-order valence-electron chi connectivity index (χ1n) is 7.98. The second kappa shape index (κ2) is 7.75. The Morgan fingerprint density at radius 2 is 1.50 bits per heavy atom. The van der Waals surface area contributed by atoms with Gasteiger partial charge in [-0.15, -0.1) is 0 Å². The average Bonchev–Trinajstić information content (AvgIpc) is 2.90. The molecule has 0 radical (unpaired) electrons. The van der Waals surface area contributed by atoms with E-state index in [2.05, 4.69) is 0 Å². The summed E-state index contributed by atoms with van der Waals surface area (Å²) in [7, 11) is 0. The summed E-state index contributed by atoms with van der Waals surface area (Å²) >= 11 is 0. The molecule has 1 aliphatic heterocycles. The first-order chi connectivity index (χ1) is 12.6. The van der Waals surface area contributed by atoms with Gasteiger partial charge in [0, 0.05) is 12.1 Å². The lowest BCUT2D eigenvalue weighted by atomic mass is 10.1. The maximum Gasteiger partial charge on any atom is 0.269 e. The number of nitro benzene ring substituents is 1. The lowest BCUT2D eigenvalue weighted by molar-refractivity contribution is -0.384. The Kier molecular flexibility index (Phi) is 5.23. The van der Waals surface area contributed by atoms with Gasteiger partial charge in [-0.1, -0.05) is 12.1 Å². The number of carbonyl (C=O) groups is 2. The highest BCUT2D eigenvalue weighted by Gasteiger charge is 2.34. The van der Waals surface area contributed by atoms with Crippen molar-refractivity contribution in [2.24, 2.45) is 0 Å². The summed E-state index contributed by atoms with van der Waals surface area (Å²) in [6.07, 6.45) is 0. The molecule has 3 rings (SSSR count). The quantitative estimate of drug-likeness (QED) is 0.311. The van der Waals surface area contributed by atoms with Gasteiger partial charge in [0.25, 0.3) is 17.5 Å². The van der Waals surface area contributed by atoms with Crippen molar-refractivity contribution < 1.29 is 24.0 Å². The molecule has 0 bridgehead atoms. The molecule has 2 aromatic carbocycles. The van der Waals surface area contributed by atoms with E-state index in [-0.39, 0.29) is 43.9 Å². The SMILES string of the molecule is O=C1c2ccccc2C(=O)N1CCOCCOc1ccc([N+](=O)[O-])cc1. The molecule has 0 atom stereocenters. The minimum absolute atomic E-state index is 0.00505. The number of hydrogen-bond donors (Lipinski definition) is 0. The minimum Gasteiger partial charge on any atom is -0.491 e. The number of nitro groups is 1. The predicted octanol–water partition coefficient (Wildman–Crippen LogP) is 2.29. The van der Waals surface area contributed by atoms with Crippen molar-refractivity contribution in [3.8, 4) is 5.75 Å². The maximum absolute atomic E-state index is 12.2. The third-order valence-electron chi connectivity index (χ3n) is 3.88. The zero-order chi connectivity index (χ0) is 18.5. The third-order valence-corrected chi connectivity index (χ3v) is 3.88. The van der Waals surface area contributed by atoms with E-state index in [1.807, 2.05) is 0 Å². The van der Waals surface area contributed by atoms with Gasteiger partial charge >= 0.3 is 0 Å². The van der Waals surface area contributed by atoms with Gasteiger partial charge in [-0.3, -0.25) is 24.6 Å². The van der Waals surface area contributed by atoms with E-state index < -0.39 is 4.92 Å². The van der Waals surface area contributed by atoms with Crippen LogP contribution in [0.25, 0.3) is 0 Å². The number of imide groups is 1. The van der Waals surface area contributed by atoms with E-state index in [1.54, 1.807) is 24.3 Å². The zero-order valence-electron chi connectivity index (χ0n) is 13.8. The van der Waals surface area contributed by atoms with Gasteiger partial charge in [-0.05, 0) is 24.3 Å². The van der Waals surface area contributed by atoms with Gasteiger partial charge in [0.1, 0.15) is 12.4 Å². The number of amides is 2. The first kappa shape index (κ1) is 17.6. The highest BCUT2D eigenvalue weighted by molar-refractivity contribution is 6.21. The Labute approximate surface area is 149 Å². The van der Waals surface area contributed by atoms with Gasteiger partial charge in [-0.25, -0.2) is 0 Å². The van der Waals surface area contributed by atoms with Crippen LogP contribution in [0.15, 0.2) is 48.5 Å². The second-order valence-corrected chi connectivity index (χ2v) is 5.52. The topological polar surface area (TPSA) is 99.0 Å². The Hall–Kier alpha value is -3.26. The van der Waals surface area contributed by atoms with Crippen LogP contribution < -0.4 is 4.74 Å². The van der Waals surface area contributed by atoms with Crippen LogP contribution in [-0.4, -0.2) is 48.0 Å². The second-order valence-electron chi connectivity index (χ2n) is 5.52. The lowest BCUT2D eigenvalue weighted by Gasteiger charge is -2.14. The number of non-ortho nitro benzene ring substituents is 1. The summed E-state index contributed by atoms with van der Waals surface area (Å²) in [5, 5.41) is 10.6. The van der Waals surface area contributed by atoms with E-state index in [0.29, 0.717) is 16.9 Å². The molecule has 2 aromatic rings. The highest BCUT2D eigenvalue weighted by Crippen LogP contribution is 2.22. The van der Waals surface area contributed by atoms with Crippen molar-refractivity contribution in [3.63, 3.8) is 0 Å². The van der Waals surface area contributed by atoms with Crippen LogP contribution >= 0.6 is 0 Å². The molecule has 0 spiro atoms. The fourth-order valence-corrected chi connectivity index (χ4v) is 2.58. The van der Waals surface area contributed by atoms with Gasteiger partial charge < -0.3 is 9.47 Å². The van der Waals surface area contributed by atoms with Gasteiger partial charge in [0.2, 0.25) is 0 Å². The van der Waals surface area contributed by atoms with Crippen LogP contribution in [-0.2, 0) is 4.74 Å². The standard InChI is InChI=1S/C18H16N2O6/c21-17-15-3-1-2-4-16(15)18(22)19(17)9-10-25-11-12-26-14-7-5-13(6-8-14)20(23)24/h1-8H,9-12H2. The van der Waals surface area contributed by atoms with Crippen molar-refractivity contribution in [3.05, 3.63) is 69.8 Å². The number of hydrogen-bond acceptors (Lipinski definition) is 6. The number of nitrogens with zero attached hydrogens (tertiary/aromatic N) is 2. The van der Waals surface area contributed by atoms with Crippen LogP contribution in [0, 0.1) is 10.1 Å². The molecule has 0 unspecified atom stereocenters. The van der Waals surface area contributed by atoms with E-state index in [9.17, 15) is 19.7 Å². The molecule has 2 amide bonds. The summed E-state index contributed by atoms with van der Waals surface area (Å²) in [6.45, 7) is 0.888. The van der Waals surface area contributed by atoms with E-state index in [0.717, 1.165) is 0 Å². The fraction of sp³-hybridized carbons (Fsp3) is 0.222. The summed E-state index contributed by atoms with van der Waals surface area (Å²) in [6, 6.07) is 12.5. The molecule has 134 valence electrons. The lowest BCUT2D eigenvalue weighted by Crippen LogP contribution is -2.33. The third kappa shape index (κ3) is 3.70. The van der Waals surface area contributed by atoms with Crippen LogP contribution in [0.4, 0.5) is 5.69 Å². The molecule has 1 heterocycles. The van der Waals surface area contributed by atoms with Crippen LogP contribution in [0.1, 0.15) is 20.7 Å². The molecule has 26 heavy (non-hydrogen) atoms. The maximum atomic E-state index is 12.2. The Balaban J connectivity index is 1.38. The minimum atomic E-state index is -0.480. The van der Waals surface area contributed by atoms with Crippen molar-refractivity contribution >= 4 is 17.5 Å². The van der Waals surface area contributed by atoms with Crippen molar-refractivity contribution in [1.29, 1.82) is 0 Å². The summed E-state index contributed by atoms with van der Waals surface area (Å²) in [5.74, 6) is -0.118. The number of benzene rings is 2. The molecular formula is C18H16N2O6. The smallest absolute Gasteiger partial charge is 0.269 e. The molecule has 0 N–H and O–H groups in total. The Bertz CT molecular complexity index is 799. The van der Waals surface area contributed by atoms with Gasteiger partial charge in [-0.2, -0.15) is 0 Å². The van der Waals surface area contributed by atoms with E-state index >= 15 is 0 Å². The molecular weight excluding hydrogens is 340 g/mol. The van der Waals surface area contributed by atoms with Gasteiger partial charge in [0.15, 0.2) is 0 Å². The summed E-state index contributed by atoms with van der Waals surface area (Å²) < 4.78 is 10.8. The van der Waals surface area contributed by atoms with Crippen LogP contribution in [0.5, 0.6) is 5.75 Å². The molecule has 0 aliphatic carbocycles. The molecule has 0 saturated carbocycles. The van der Waals surface area contributed by atoms with E-state index in [4.69, 9.17) is 9.47 Å². The molecule has 8 nitrogen and oxygen atoms in total. The average molecular weight is 356 g/mol. The summed E-state index contributed by atoms with van der Waals surface area (Å²) in [4.78, 5) is 35.6. The summed E-state index contributed by atoms with van der Waals surface area (Å²) in [5.41, 5.74) is 0.826. The highest BCUT2D eigenvalue weighted by atomic mass is 16.6. The number of ether oxygens (including phenoxy) is 2. The molecule has 1 aliphatic rings. The van der Waals surface area contributed by atoms with Crippen LogP contribution in [0.2, 0.25) is 0 Å². The van der Waals surface area contributed by atoms with Crippen molar-refractivity contribution in [1.82, 2.24) is 4.90 Å². The van der Waals surface area contributed by atoms with E-state index in [1.165, 1.54) is 29.2 Å². The number of rotatable bonds is 8. The molecule has 0 fully saturated rings. The number of carbonyl (C=O) groups excluding carboxylic acids is 2. The Morgan fingerprint density at radius 1 is 0.885 bits per heavy atom. The normalized spacial score (nSPS) is 13.0. The molecule has 0 aromatic heterocycles. The number of fused-ring (bicyclic) bond motifs is 1. The molecule has 0 saturated heterocycles. The first-order valence-corrected chi connectivity index (χ1v) is 7.98. The van der Waals surface area contributed by atoms with Crippen molar-refractivity contribution in [2.75, 3.05) is 26.4 Å². The molecule has 8 heteroatoms. The monoisotopic (exact) mass is 356 g/mol. The predicted molar refractivity (Wildman–Crippen MR) is 91.2 cm³/mol. The Morgan fingerprint density at radius 3 is 2.08 bits per heavy atom. The fourth-order valence-electron chi connectivity index (χ4n) is 2.58. The van der Waals surface area contributed by atoms with Crippen molar-refractivity contribution in [2.45, 2.75) is 0 Å². The van der Waals surface area contributed by atoms with Crippen LogP contribution in [0.3, 0.4) is 0 Å². The zero-order valence-corrected chi connectivity index (χ0v) is 13.8. The van der Waals surface area contributed by atoms with Gasteiger partial charge in [0.05, 0.1) is 35.8 Å².